The standard InChI is InChI=1S/C25H29N5O3S/c1-2-29-12-14-30(15-13-29)21-10-8-20(9-11-21)27-23(31)17-33-24(32)22-18-34-25(28-22)26-16-19-6-4-3-5-7-19/h3-11,18H,2,12-17H2,1H3,(H,26,28)(H,27,31). The molecule has 178 valence electrons. The Morgan fingerprint density at radius 1 is 1.03 bits per heavy atom. The summed E-state index contributed by atoms with van der Waals surface area (Å²) in [6.07, 6.45) is 0. The molecule has 4 rings (SSSR count). The van der Waals surface area contributed by atoms with E-state index < -0.39 is 11.9 Å². The molecule has 1 aliphatic rings. The summed E-state index contributed by atoms with van der Waals surface area (Å²) < 4.78 is 5.13. The number of aromatic nitrogens is 1. The number of rotatable bonds is 9. The van der Waals surface area contributed by atoms with Gasteiger partial charge < -0.3 is 25.2 Å². The van der Waals surface area contributed by atoms with E-state index >= 15 is 0 Å². The van der Waals surface area contributed by atoms with E-state index in [0.717, 1.165) is 44.0 Å². The molecule has 1 aliphatic heterocycles. The van der Waals surface area contributed by atoms with E-state index in [2.05, 4.69) is 32.3 Å². The van der Waals surface area contributed by atoms with Gasteiger partial charge >= 0.3 is 5.97 Å². The molecule has 0 spiro atoms. The van der Waals surface area contributed by atoms with Gasteiger partial charge in [-0.2, -0.15) is 0 Å². The average molecular weight is 480 g/mol. The van der Waals surface area contributed by atoms with Crippen molar-refractivity contribution in [3.05, 3.63) is 71.2 Å². The van der Waals surface area contributed by atoms with E-state index in [1.807, 2.05) is 54.6 Å². The van der Waals surface area contributed by atoms with Crippen molar-refractivity contribution in [3.63, 3.8) is 0 Å². The van der Waals surface area contributed by atoms with Crippen LogP contribution in [0, 0.1) is 0 Å². The number of likely N-dealkylation sites (N-methyl/N-ethyl adjacent to an activating group) is 1. The molecule has 1 aromatic heterocycles. The number of hydrogen-bond acceptors (Lipinski definition) is 8. The Bertz CT molecular complexity index is 1080. The van der Waals surface area contributed by atoms with Crippen LogP contribution in [0.3, 0.4) is 0 Å². The molecule has 0 radical (unpaired) electrons. The number of nitrogens with zero attached hydrogens (tertiary/aromatic N) is 3. The molecule has 0 saturated carbocycles. The number of carbonyl (C=O) groups excluding carboxylic acids is 2. The molecular formula is C25H29N5O3S. The highest BCUT2D eigenvalue weighted by molar-refractivity contribution is 7.13. The fourth-order valence-electron chi connectivity index (χ4n) is 3.70. The lowest BCUT2D eigenvalue weighted by Gasteiger charge is -2.35. The van der Waals surface area contributed by atoms with Crippen molar-refractivity contribution in [3.8, 4) is 0 Å². The van der Waals surface area contributed by atoms with Crippen LogP contribution in [0.4, 0.5) is 16.5 Å². The Kier molecular flexibility index (Phi) is 8.11. The van der Waals surface area contributed by atoms with Crippen LogP contribution in [0.5, 0.6) is 0 Å². The molecule has 3 aromatic rings. The van der Waals surface area contributed by atoms with Crippen LogP contribution in [0.1, 0.15) is 23.0 Å². The first-order valence-electron chi connectivity index (χ1n) is 11.4. The van der Waals surface area contributed by atoms with Gasteiger partial charge in [0, 0.05) is 49.5 Å². The minimum absolute atomic E-state index is 0.181. The van der Waals surface area contributed by atoms with Crippen molar-refractivity contribution in [2.75, 3.05) is 54.9 Å². The Labute approximate surface area is 203 Å². The molecule has 1 saturated heterocycles. The fourth-order valence-corrected chi connectivity index (χ4v) is 4.38. The van der Waals surface area contributed by atoms with E-state index in [1.54, 1.807) is 5.38 Å². The van der Waals surface area contributed by atoms with Gasteiger partial charge in [-0.1, -0.05) is 37.3 Å². The molecule has 34 heavy (non-hydrogen) atoms. The highest BCUT2D eigenvalue weighted by atomic mass is 32.1. The quantitative estimate of drug-likeness (QED) is 0.453. The predicted octanol–water partition coefficient (Wildman–Crippen LogP) is 3.69. The second-order valence-corrected chi connectivity index (χ2v) is 8.83. The van der Waals surface area contributed by atoms with Crippen LogP contribution in [0.2, 0.25) is 0 Å². The van der Waals surface area contributed by atoms with Crippen molar-refractivity contribution >= 4 is 39.7 Å². The zero-order valence-corrected chi connectivity index (χ0v) is 20.0. The molecule has 0 aliphatic carbocycles. The van der Waals surface area contributed by atoms with Gasteiger partial charge in [-0.05, 0) is 36.4 Å². The van der Waals surface area contributed by atoms with Gasteiger partial charge in [0.25, 0.3) is 5.91 Å². The monoisotopic (exact) mass is 479 g/mol. The van der Waals surface area contributed by atoms with E-state index in [4.69, 9.17) is 4.74 Å². The molecule has 0 bridgehead atoms. The van der Waals surface area contributed by atoms with Crippen LogP contribution >= 0.6 is 11.3 Å². The maximum Gasteiger partial charge on any atom is 0.358 e. The van der Waals surface area contributed by atoms with Crippen molar-refractivity contribution in [2.45, 2.75) is 13.5 Å². The number of piperazine rings is 1. The molecule has 9 heteroatoms. The number of hydrogen-bond donors (Lipinski definition) is 2. The summed E-state index contributed by atoms with van der Waals surface area (Å²) in [6.45, 7) is 7.61. The molecule has 2 aromatic carbocycles. The molecule has 2 N–H and O–H groups in total. The lowest BCUT2D eigenvalue weighted by molar-refractivity contribution is -0.119. The zero-order chi connectivity index (χ0) is 23.8. The van der Waals surface area contributed by atoms with E-state index in [-0.39, 0.29) is 12.3 Å². The normalized spacial score (nSPS) is 14.0. The Morgan fingerprint density at radius 3 is 2.47 bits per heavy atom. The SMILES string of the molecule is CCN1CCN(c2ccc(NC(=O)COC(=O)c3csc(NCc4ccccc4)n3)cc2)CC1. The van der Waals surface area contributed by atoms with E-state index in [1.165, 1.54) is 11.3 Å². The third-order valence-electron chi connectivity index (χ3n) is 5.67. The molecule has 0 unspecified atom stereocenters. The molecule has 1 amide bonds. The van der Waals surface area contributed by atoms with Gasteiger partial charge in [-0.25, -0.2) is 9.78 Å². The van der Waals surface area contributed by atoms with Crippen LogP contribution < -0.4 is 15.5 Å². The molecule has 2 heterocycles. The summed E-state index contributed by atoms with van der Waals surface area (Å²) >= 11 is 1.32. The number of esters is 1. The zero-order valence-electron chi connectivity index (χ0n) is 19.2. The van der Waals surface area contributed by atoms with Crippen LogP contribution in [0.15, 0.2) is 60.0 Å². The van der Waals surface area contributed by atoms with Crippen molar-refractivity contribution < 1.29 is 14.3 Å². The fraction of sp³-hybridized carbons (Fsp3) is 0.320. The molecular weight excluding hydrogens is 450 g/mol. The number of thiazole rings is 1. The highest BCUT2D eigenvalue weighted by Crippen LogP contribution is 2.20. The van der Waals surface area contributed by atoms with Crippen LogP contribution in [0.25, 0.3) is 0 Å². The number of benzene rings is 2. The van der Waals surface area contributed by atoms with Crippen molar-refractivity contribution in [2.24, 2.45) is 0 Å². The Balaban J connectivity index is 1.20. The lowest BCUT2D eigenvalue weighted by Crippen LogP contribution is -2.46. The third kappa shape index (κ3) is 6.55. The number of anilines is 3. The van der Waals surface area contributed by atoms with E-state index in [0.29, 0.717) is 17.4 Å². The largest absolute Gasteiger partial charge is 0.451 e. The second kappa shape index (κ2) is 11.6. The predicted molar refractivity (Wildman–Crippen MR) is 136 cm³/mol. The van der Waals surface area contributed by atoms with Gasteiger partial charge in [0.1, 0.15) is 0 Å². The Hall–Kier alpha value is -3.43. The minimum atomic E-state index is -0.624. The smallest absolute Gasteiger partial charge is 0.358 e. The third-order valence-corrected chi connectivity index (χ3v) is 6.47. The number of ether oxygens (including phenoxy) is 1. The van der Waals surface area contributed by atoms with Gasteiger partial charge in [-0.3, -0.25) is 4.79 Å². The van der Waals surface area contributed by atoms with Gasteiger partial charge in [0.15, 0.2) is 17.4 Å². The number of nitrogens with one attached hydrogen (secondary N) is 2. The molecule has 0 atom stereocenters. The van der Waals surface area contributed by atoms with Crippen molar-refractivity contribution in [1.82, 2.24) is 9.88 Å². The van der Waals surface area contributed by atoms with Crippen molar-refractivity contribution in [1.29, 1.82) is 0 Å². The first-order valence-corrected chi connectivity index (χ1v) is 12.3. The summed E-state index contributed by atoms with van der Waals surface area (Å²) in [4.78, 5) is 33.5. The van der Waals surface area contributed by atoms with Crippen LogP contribution in [-0.4, -0.2) is 61.1 Å². The van der Waals surface area contributed by atoms with Gasteiger partial charge in [0.05, 0.1) is 0 Å². The molecule has 8 nitrogen and oxygen atoms in total. The van der Waals surface area contributed by atoms with E-state index in [9.17, 15) is 9.59 Å². The maximum atomic E-state index is 12.3. The Morgan fingerprint density at radius 2 is 1.76 bits per heavy atom. The second-order valence-electron chi connectivity index (χ2n) is 7.97. The average Bonchev–Trinajstić information content (AvgIpc) is 3.36. The summed E-state index contributed by atoms with van der Waals surface area (Å²) in [5.41, 5.74) is 3.10. The highest BCUT2D eigenvalue weighted by Gasteiger charge is 2.17. The maximum absolute atomic E-state index is 12.3. The first kappa shape index (κ1) is 23.7. The van der Waals surface area contributed by atoms with Gasteiger partial charge in [-0.15, -0.1) is 11.3 Å². The summed E-state index contributed by atoms with van der Waals surface area (Å²) in [7, 11) is 0. The van der Waals surface area contributed by atoms with Crippen LogP contribution in [-0.2, 0) is 16.1 Å². The first-order chi connectivity index (χ1) is 16.6. The minimum Gasteiger partial charge on any atom is -0.451 e. The summed E-state index contributed by atoms with van der Waals surface area (Å²) in [5, 5.41) is 8.19. The lowest BCUT2D eigenvalue weighted by atomic mass is 10.2. The number of amides is 1. The topological polar surface area (TPSA) is 86.8 Å². The van der Waals surface area contributed by atoms with Gasteiger partial charge in [0.2, 0.25) is 0 Å². The summed E-state index contributed by atoms with van der Waals surface area (Å²) in [5.74, 6) is -1.02. The summed E-state index contributed by atoms with van der Waals surface area (Å²) in [6, 6.07) is 17.7. The number of carbonyl (C=O) groups is 2. The molecule has 1 fully saturated rings.